The number of nitrogens with zero attached hydrogens (tertiary/aromatic N) is 4. The Labute approximate surface area is 223 Å². The molecule has 4 aromatic rings. The van der Waals surface area contributed by atoms with Crippen molar-refractivity contribution in [2.45, 2.75) is 78.1 Å². The normalized spacial score (nSPS) is 13.1. The molecule has 2 N–H and O–H groups in total. The molecule has 0 aliphatic rings. The molecule has 0 spiro atoms. The third-order valence-corrected chi connectivity index (χ3v) is 7.75. The lowest BCUT2D eigenvalue weighted by Gasteiger charge is -2.12. The fourth-order valence-electron chi connectivity index (χ4n) is 4.47. The van der Waals surface area contributed by atoms with Gasteiger partial charge in [0.25, 0.3) is 0 Å². The topological polar surface area (TPSA) is 67.2 Å². The Morgan fingerprint density at radius 3 is 1.36 bits per heavy atom. The molecule has 2 atom stereocenters. The van der Waals surface area contributed by atoms with Gasteiger partial charge in [0.05, 0.1) is 0 Å². The van der Waals surface area contributed by atoms with Gasteiger partial charge in [-0.3, -0.25) is 19.3 Å². The lowest BCUT2D eigenvalue weighted by atomic mass is 9.98. The molecule has 8 heteroatoms. The summed E-state index contributed by atoms with van der Waals surface area (Å²) in [6.07, 6.45) is 5.85. The van der Waals surface area contributed by atoms with Gasteiger partial charge in [-0.1, -0.05) is 52.0 Å². The molecule has 2 heterocycles. The van der Waals surface area contributed by atoms with Gasteiger partial charge >= 0.3 is 0 Å². The Kier molecular flexibility index (Phi) is 8.69. The summed E-state index contributed by atoms with van der Waals surface area (Å²) in [6, 6.07) is 17.3. The van der Waals surface area contributed by atoms with Crippen LogP contribution in [-0.4, -0.2) is 29.5 Å². The van der Waals surface area contributed by atoms with Gasteiger partial charge in [-0.05, 0) is 97.3 Å². The highest BCUT2D eigenvalue weighted by Gasteiger charge is 2.12. The molecule has 0 aliphatic heterocycles. The number of nitrogens with one attached hydrogen (secondary N) is 2. The van der Waals surface area contributed by atoms with Crippen molar-refractivity contribution in [2.75, 3.05) is 0 Å². The number of aryl methyl sites for hydroxylation is 2. The van der Waals surface area contributed by atoms with Crippen LogP contribution >= 0.6 is 24.4 Å². The first-order valence-electron chi connectivity index (χ1n) is 13.0. The van der Waals surface area contributed by atoms with Crippen molar-refractivity contribution in [3.05, 3.63) is 80.8 Å². The van der Waals surface area contributed by atoms with Crippen molar-refractivity contribution in [2.24, 2.45) is 0 Å². The van der Waals surface area contributed by atoms with E-state index in [9.17, 15) is 0 Å². The largest absolute Gasteiger partial charge is 0.272 e. The number of benzene rings is 2. The van der Waals surface area contributed by atoms with Crippen molar-refractivity contribution in [1.29, 1.82) is 0 Å². The van der Waals surface area contributed by atoms with E-state index in [1.807, 2.05) is 9.13 Å². The van der Waals surface area contributed by atoms with Crippen LogP contribution in [0.15, 0.2) is 48.5 Å². The average molecular weight is 521 g/mol. The van der Waals surface area contributed by atoms with Gasteiger partial charge in [-0.25, -0.2) is 0 Å². The van der Waals surface area contributed by atoms with Gasteiger partial charge < -0.3 is 0 Å². The van der Waals surface area contributed by atoms with Crippen LogP contribution in [0.1, 0.15) is 88.0 Å². The number of rotatable bonds is 11. The third kappa shape index (κ3) is 5.76. The van der Waals surface area contributed by atoms with E-state index in [1.165, 1.54) is 11.1 Å². The summed E-state index contributed by atoms with van der Waals surface area (Å²) < 4.78 is 5.35. The van der Waals surface area contributed by atoms with Gasteiger partial charge in [0.2, 0.25) is 0 Å². The lowest BCUT2D eigenvalue weighted by Crippen LogP contribution is -2.05. The maximum absolute atomic E-state index is 5.54. The number of aromatic nitrogens is 6. The minimum Gasteiger partial charge on any atom is -0.272 e. The van der Waals surface area contributed by atoms with Crippen molar-refractivity contribution < 1.29 is 0 Å². The van der Waals surface area contributed by atoms with E-state index in [2.05, 4.69) is 96.6 Å². The number of hydrogen-bond acceptors (Lipinski definition) is 4. The second kappa shape index (κ2) is 11.9. The van der Waals surface area contributed by atoms with E-state index < -0.39 is 0 Å². The number of aromatic amines is 2. The molecule has 190 valence electrons. The molecule has 2 aromatic heterocycles. The Morgan fingerprint density at radius 1 is 0.667 bits per heavy atom. The summed E-state index contributed by atoms with van der Waals surface area (Å²) in [5, 5.41) is 15.0. The Morgan fingerprint density at radius 2 is 1.03 bits per heavy atom. The molecular weight excluding hydrogens is 484 g/mol. The Hall–Kier alpha value is -2.84. The van der Waals surface area contributed by atoms with Crippen LogP contribution in [0.4, 0.5) is 0 Å². The molecule has 0 saturated carbocycles. The second-order valence-corrected chi connectivity index (χ2v) is 10.3. The average Bonchev–Trinajstić information content (AvgIpc) is 3.47. The monoisotopic (exact) mass is 520 g/mol. The molecular formula is C28H36N6S2. The number of unbranched alkanes of at least 4 members (excludes halogenated alkanes) is 1. The van der Waals surface area contributed by atoms with Gasteiger partial charge in [0, 0.05) is 24.2 Å². The van der Waals surface area contributed by atoms with Crippen molar-refractivity contribution >= 4 is 24.4 Å². The third-order valence-electron chi connectivity index (χ3n) is 7.20. The van der Waals surface area contributed by atoms with Crippen LogP contribution in [0, 0.1) is 9.54 Å². The van der Waals surface area contributed by atoms with E-state index in [1.54, 1.807) is 0 Å². The highest BCUT2D eigenvalue weighted by molar-refractivity contribution is 7.71. The second-order valence-electron chi connectivity index (χ2n) is 9.57. The fourth-order valence-corrected chi connectivity index (χ4v) is 4.98. The van der Waals surface area contributed by atoms with Crippen molar-refractivity contribution in [3.8, 4) is 11.4 Å². The zero-order valence-electron chi connectivity index (χ0n) is 21.6. The van der Waals surface area contributed by atoms with Crippen molar-refractivity contribution in [1.82, 2.24) is 29.5 Å². The summed E-state index contributed by atoms with van der Waals surface area (Å²) in [6.45, 7) is 8.94. The Balaban J connectivity index is 1.41. The standard InChI is InChI=1S/C28H36N6S2/c1-5-19(3)21-11-15-23(16-12-21)33-25(29-31-27(33)35)9-7-8-10-26-30-32-28(36)34(26)24-17-13-22(14-18-24)20(4)6-2/h11-20H,5-10H2,1-4H3,(H,31,35)(H,32,36). The smallest absolute Gasteiger partial charge is 0.199 e. The number of H-pyrrole nitrogens is 2. The maximum Gasteiger partial charge on any atom is 0.199 e. The van der Waals surface area contributed by atoms with Gasteiger partial charge in [-0.2, -0.15) is 10.2 Å². The van der Waals surface area contributed by atoms with Crippen LogP contribution in [0.3, 0.4) is 0 Å². The first-order valence-corrected chi connectivity index (χ1v) is 13.8. The van der Waals surface area contributed by atoms with Crippen LogP contribution in [-0.2, 0) is 12.8 Å². The molecule has 0 aliphatic carbocycles. The minimum atomic E-state index is 0.550. The first kappa shape index (κ1) is 26.2. The first-order chi connectivity index (χ1) is 17.4. The quantitative estimate of drug-likeness (QED) is 0.157. The van der Waals surface area contributed by atoms with Gasteiger partial charge in [0.1, 0.15) is 11.6 Å². The highest BCUT2D eigenvalue weighted by Crippen LogP contribution is 2.23. The molecule has 0 saturated heterocycles. The van der Waals surface area contributed by atoms with Crippen LogP contribution in [0.2, 0.25) is 0 Å². The predicted molar refractivity (Wildman–Crippen MR) is 152 cm³/mol. The van der Waals surface area contributed by atoms with Crippen LogP contribution in [0.25, 0.3) is 11.4 Å². The zero-order chi connectivity index (χ0) is 25.7. The van der Waals surface area contributed by atoms with Crippen molar-refractivity contribution in [3.63, 3.8) is 0 Å². The molecule has 6 nitrogen and oxygen atoms in total. The fraction of sp³-hybridized carbons (Fsp3) is 0.429. The van der Waals surface area contributed by atoms with E-state index >= 15 is 0 Å². The highest BCUT2D eigenvalue weighted by atomic mass is 32.1. The molecule has 0 radical (unpaired) electrons. The molecule has 36 heavy (non-hydrogen) atoms. The van der Waals surface area contributed by atoms with E-state index in [4.69, 9.17) is 24.4 Å². The molecule has 0 fully saturated rings. The predicted octanol–water partition coefficient (Wildman–Crippen LogP) is 7.77. The summed E-state index contributed by atoms with van der Waals surface area (Å²) in [7, 11) is 0. The molecule has 4 rings (SSSR count). The molecule has 2 aromatic carbocycles. The van der Waals surface area contributed by atoms with E-state index in [0.29, 0.717) is 21.4 Å². The molecule has 0 bridgehead atoms. The van der Waals surface area contributed by atoms with E-state index in [-0.39, 0.29) is 0 Å². The van der Waals surface area contributed by atoms with Gasteiger partial charge in [-0.15, -0.1) is 0 Å². The maximum atomic E-state index is 5.54. The lowest BCUT2D eigenvalue weighted by molar-refractivity contribution is 0.669. The summed E-state index contributed by atoms with van der Waals surface area (Å²) in [5.74, 6) is 3.01. The summed E-state index contributed by atoms with van der Waals surface area (Å²) in [4.78, 5) is 0. The zero-order valence-corrected chi connectivity index (χ0v) is 23.3. The van der Waals surface area contributed by atoms with Crippen LogP contribution in [0.5, 0.6) is 0 Å². The number of hydrogen-bond donors (Lipinski definition) is 2. The van der Waals surface area contributed by atoms with Gasteiger partial charge in [0.15, 0.2) is 9.54 Å². The summed E-state index contributed by atoms with van der Waals surface area (Å²) >= 11 is 11.1. The van der Waals surface area contributed by atoms with E-state index in [0.717, 1.165) is 61.5 Å². The molecule has 0 amide bonds. The Bertz CT molecular complexity index is 1270. The SMILES string of the molecule is CCC(C)c1ccc(-n2c(CCCCc3n[nH]c(=S)n3-c3ccc(C(C)CC)cc3)n[nH]c2=S)cc1. The minimum absolute atomic E-state index is 0.550. The van der Waals surface area contributed by atoms with Crippen LogP contribution < -0.4 is 0 Å². The molecule has 2 unspecified atom stereocenters. The summed E-state index contributed by atoms with van der Waals surface area (Å²) in [5.41, 5.74) is 4.80.